The van der Waals surface area contributed by atoms with Crippen LogP contribution in [0.5, 0.6) is 0 Å². The Hall–Kier alpha value is -0.410. The van der Waals surface area contributed by atoms with Crippen LogP contribution in [0, 0.1) is 0 Å². The van der Waals surface area contributed by atoms with Crippen molar-refractivity contribution in [3.63, 3.8) is 0 Å². The van der Waals surface area contributed by atoms with Crippen molar-refractivity contribution in [3.8, 4) is 0 Å². The minimum Gasteiger partial charge on any atom is -0.376 e. The average Bonchev–Trinajstić information content (AvgIpc) is 2.16. The summed E-state index contributed by atoms with van der Waals surface area (Å²) in [7, 11) is 0. The molecule has 12 heavy (non-hydrogen) atoms. The molecular formula is C9H16O3. The second-order valence-electron chi connectivity index (χ2n) is 3.19. The number of unbranched alkanes of at least 4 members (excludes halogenated alkanes) is 1. The Morgan fingerprint density at radius 3 is 2.83 bits per heavy atom. The van der Waals surface area contributed by atoms with Gasteiger partial charge in [-0.1, -0.05) is 19.8 Å². The van der Waals surface area contributed by atoms with E-state index in [1.807, 2.05) is 0 Å². The Morgan fingerprint density at radius 1 is 1.50 bits per heavy atom. The maximum Gasteiger partial charge on any atom is 0.154 e. The monoisotopic (exact) mass is 172 g/mol. The fourth-order valence-electron chi connectivity index (χ4n) is 1.34. The summed E-state index contributed by atoms with van der Waals surface area (Å²) >= 11 is 0. The minimum absolute atomic E-state index is 0.427. The topological polar surface area (TPSA) is 35.5 Å². The molecule has 0 saturated carbocycles. The fourth-order valence-corrected chi connectivity index (χ4v) is 1.34. The lowest BCUT2D eigenvalue weighted by molar-refractivity contribution is -0.167. The van der Waals surface area contributed by atoms with Gasteiger partial charge in [-0.2, -0.15) is 0 Å². The summed E-state index contributed by atoms with van der Waals surface area (Å²) in [4.78, 5) is 10.8. The van der Waals surface area contributed by atoms with Crippen molar-refractivity contribution < 1.29 is 14.3 Å². The van der Waals surface area contributed by atoms with E-state index in [2.05, 4.69) is 6.92 Å². The molecule has 1 aliphatic rings. The Bertz CT molecular complexity index is 139. The highest BCUT2D eigenvalue weighted by Crippen LogP contribution is 2.20. The lowest BCUT2D eigenvalue weighted by Gasteiger charge is -2.32. The molecule has 0 aromatic heterocycles. The lowest BCUT2D eigenvalue weighted by atomic mass is 9.99. The zero-order chi connectivity index (χ0) is 8.86. The van der Waals surface area contributed by atoms with Crippen LogP contribution in [0.25, 0.3) is 0 Å². The maximum absolute atomic E-state index is 10.8. The third-order valence-corrected chi connectivity index (χ3v) is 2.13. The van der Waals surface area contributed by atoms with Crippen LogP contribution in [0.4, 0.5) is 0 Å². The van der Waals surface area contributed by atoms with Crippen LogP contribution in [0.2, 0.25) is 0 Å². The first-order valence-electron chi connectivity index (χ1n) is 4.51. The molecule has 1 fully saturated rings. The van der Waals surface area contributed by atoms with Crippen LogP contribution in [0.1, 0.15) is 26.2 Å². The molecule has 1 saturated heterocycles. The van der Waals surface area contributed by atoms with Crippen molar-refractivity contribution in [1.29, 1.82) is 0 Å². The average molecular weight is 172 g/mol. The second kappa shape index (κ2) is 4.58. The Kier molecular flexibility index (Phi) is 3.69. The van der Waals surface area contributed by atoms with Crippen molar-refractivity contribution in [2.75, 3.05) is 19.8 Å². The quantitative estimate of drug-likeness (QED) is 0.597. The number of aldehydes is 1. The van der Waals surface area contributed by atoms with Gasteiger partial charge in [0.1, 0.15) is 5.60 Å². The van der Waals surface area contributed by atoms with Crippen molar-refractivity contribution in [2.45, 2.75) is 31.8 Å². The summed E-state index contributed by atoms with van der Waals surface area (Å²) in [6.07, 6.45) is 3.77. The van der Waals surface area contributed by atoms with Gasteiger partial charge >= 0.3 is 0 Å². The molecule has 70 valence electrons. The third kappa shape index (κ3) is 2.29. The van der Waals surface area contributed by atoms with Gasteiger partial charge in [0.25, 0.3) is 0 Å². The summed E-state index contributed by atoms with van der Waals surface area (Å²) in [5, 5.41) is 0. The molecule has 1 atom stereocenters. The molecule has 0 aromatic rings. The van der Waals surface area contributed by atoms with Gasteiger partial charge in [0.05, 0.1) is 19.8 Å². The minimum atomic E-state index is -0.631. The van der Waals surface area contributed by atoms with Crippen LogP contribution >= 0.6 is 0 Å². The summed E-state index contributed by atoms with van der Waals surface area (Å²) < 4.78 is 10.6. The van der Waals surface area contributed by atoms with Gasteiger partial charge in [-0.3, -0.25) is 0 Å². The summed E-state index contributed by atoms with van der Waals surface area (Å²) in [6, 6.07) is 0. The number of rotatable bonds is 4. The zero-order valence-corrected chi connectivity index (χ0v) is 7.54. The zero-order valence-electron chi connectivity index (χ0n) is 7.54. The first-order chi connectivity index (χ1) is 5.83. The SMILES string of the molecule is CCCCC1(C=O)COCCO1. The Morgan fingerprint density at radius 2 is 2.33 bits per heavy atom. The summed E-state index contributed by atoms with van der Waals surface area (Å²) in [5.74, 6) is 0. The highest BCUT2D eigenvalue weighted by atomic mass is 16.6. The molecule has 1 aliphatic heterocycles. The summed E-state index contributed by atoms with van der Waals surface area (Å²) in [5.41, 5.74) is -0.631. The van der Waals surface area contributed by atoms with Gasteiger partial charge in [0.15, 0.2) is 6.29 Å². The summed E-state index contributed by atoms with van der Waals surface area (Å²) in [6.45, 7) is 3.68. The van der Waals surface area contributed by atoms with E-state index in [-0.39, 0.29) is 0 Å². The van der Waals surface area contributed by atoms with Gasteiger partial charge < -0.3 is 14.3 Å². The van der Waals surface area contributed by atoms with Gasteiger partial charge in [0.2, 0.25) is 0 Å². The van der Waals surface area contributed by atoms with Gasteiger partial charge in [-0.25, -0.2) is 0 Å². The lowest BCUT2D eigenvalue weighted by Crippen LogP contribution is -2.44. The molecule has 1 heterocycles. The number of carbonyl (C=O) groups is 1. The van der Waals surface area contributed by atoms with Crippen LogP contribution in [0.15, 0.2) is 0 Å². The standard InChI is InChI=1S/C9H16O3/c1-2-3-4-9(7-10)8-11-5-6-12-9/h7H,2-6,8H2,1H3. The van der Waals surface area contributed by atoms with Crippen molar-refractivity contribution in [3.05, 3.63) is 0 Å². The Balaban J connectivity index is 2.42. The van der Waals surface area contributed by atoms with Crippen molar-refractivity contribution in [2.24, 2.45) is 0 Å². The van der Waals surface area contributed by atoms with E-state index in [1.165, 1.54) is 0 Å². The van der Waals surface area contributed by atoms with Gasteiger partial charge in [-0.05, 0) is 6.42 Å². The molecule has 1 rings (SSSR count). The molecule has 0 aliphatic carbocycles. The predicted molar refractivity (Wildman–Crippen MR) is 45.1 cm³/mol. The number of ether oxygens (including phenoxy) is 2. The van der Waals surface area contributed by atoms with Crippen molar-refractivity contribution in [1.82, 2.24) is 0 Å². The molecule has 1 unspecified atom stereocenters. The first-order valence-corrected chi connectivity index (χ1v) is 4.51. The van der Waals surface area contributed by atoms with E-state index in [9.17, 15) is 4.79 Å². The second-order valence-corrected chi connectivity index (χ2v) is 3.19. The molecule has 3 nitrogen and oxygen atoms in total. The molecule has 0 radical (unpaired) electrons. The highest BCUT2D eigenvalue weighted by molar-refractivity contribution is 5.62. The van der Waals surface area contributed by atoms with Crippen LogP contribution < -0.4 is 0 Å². The number of carbonyl (C=O) groups excluding carboxylic acids is 1. The fraction of sp³-hybridized carbons (Fsp3) is 0.889. The van der Waals surface area contributed by atoms with E-state index in [0.29, 0.717) is 19.8 Å². The van der Waals surface area contributed by atoms with Gasteiger partial charge in [0, 0.05) is 0 Å². The molecule has 0 N–H and O–H groups in total. The van der Waals surface area contributed by atoms with Crippen molar-refractivity contribution >= 4 is 6.29 Å². The normalized spacial score (nSPS) is 30.1. The predicted octanol–water partition coefficient (Wildman–Crippen LogP) is 1.16. The molecule has 0 aromatic carbocycles. The van der Waals surface area contributed by atoms with E-state index in [1.54, 1.807) is 0 Å². The first kappa shape index (κ1) is 9.68. The number of hydrogen-bond donors (Lipinski definition) is 0. The number of hydrogen-bond acceptors (Lipinski definition) is 3. The van der Waals surface area contributed by atoms with E-state index in [4.69, 9.17) is 9.47 Å². The maximum atomic E-state index is 10.8. The van der Waals surface area contributed by atoms with Crippen LogP contribution in [0.3, 0.4) is 0 Å². The van der Waals surface area contributed by atoms with Gasteiger partial charge in [-0.15, -0.1) is 0 Å². The highest BCUT2D eigenvalue weighted by Gasteiger charge is 2.32. The smallest absolute Gasteiger partial charge is 0.154 e. The molecule has 0 spiro atoms. The van der Waals surface area contributed by atoms with Crippen LogP contribution in [-0.2, 0) is 14.3 Å². The molecular weight excluding hydrogens is 156 g/mol. The van der Waals surface area contributed by atoms with E-state index >= 15 is 0 Å². The molecule has 0 bridgehead atoms. The Labute approximate surface area is 73.0 Å². The third-order valence-electron chi connectivity index (χ3n) is 2.13. The molecule has 0 amide bonds. The van der Waals surface area contributed by atoms with E-state index < -0.39 is 5.60 Å². The molecule has 3 heteroatoms. The van der Waals surface area contributed by atoms with Crippen LogP contribution in [-0.4, -0.2) is 31.7 Å². The largest absolute Gasteiger partial charge is 0.376 e. The van der Waals surface area contributed by atoms with E-state index in [0.717, 1.165) is 25.5 Å².